The van der Waals surface area contributed by atoms with E-state index in [4.69, 9.17) is 5.11 Å². The molecule has 0 amide bonds. The average Bonchev–Trinajstić information content (AvgIpc) is 1.98. The van der Waals surface area contributed by atoms with Gasteiger partial charge in [-0.25, -0.2) is 0 Å². The molecule has 1 N–H and O–H groups in total. The zero-order valence-corrected chi connectivity index (χ0v) is 10.1. The number of aliphatic hydroxyl groups excluding tert-OH is 1. The van der Waals surface area contributed by atoms with Crippen molar-refractivity contribution in [3.63, 3.8) is 0 Å². The minimum absolute atomic E-state index is 0.181. The Kier molecular flexibility index (Phi) is 8.50. The molecule has 0 bridgehead atoms. The van der Waals surface area contributed by atoms with Gasteiger partial charge in [-0.3, -0.25) is 0 Å². The second-order valence-corrected chi connectivity index (χ2v) is 4.74. The maximum atomic E-state index is 8.97. The Morgan fingerprint density at radius 2 is 2.33 bits per heavy atom. The third-order valence-corrected chi connectivity index (χ3v) is 2.91. The highest BCUT2D eigenvalue weighted by Crippen LogP contribution is 2.07. The fraction of sp³-hybridized carbons (Fsp3) is 0.778. The third-order valence-electron chi connectivity index (χ3n) is 1.40. The van der Waals surface area contributed by atoms with Crippen LogP contribution in [0.4, 0.5) is 0 Å². The Labute approximate surface area is 87.8 Å². The van der Waals surface area contributed by atoms with Gasteiger partial charge in [0.25, 0.3) is 0 Å². The van der Waals surface area contributed by atoms with Gasteiger partial charge in [-0.1, -0.05) is 27.6 Å². The lowest BCUT2D eigenvalue weighted by Gasteiger charge is -2.01. The summed E-state index contributed by atoms with van der Waals surface area (Å²) in [4.78, 5) is 0. The number of thioether (sulfide) groups is 1. The van der Waals surface area contributed by atoms with Crippen LogP contribution < -0.4 is 0 Å². The van der Waals surface area contributed by atoms with E-state index in [1.54, 1.807) is 11.8 Å². The fourth-order valence-electron chi connectivity index (χ4n) is 0.691. The summed E-state index contributed by atoms with van der Waals surface area (Å²) in [6.45, 7) is 3.96. The molecule has 0 heterocycles. The molecule has 0 fully saturated rings. The Balaban J connectivity index is 3.33. The maximum Gasteiger partial charge on any atom is 0.0602 e. The van der Waals surface area contributed by atoms with Crippen molar-refractivity contribution in [1.29, 1.82) is 0 Å². The minimum Gasteiger partial charge on any atom is -0.393 e. The first-order chi connectivity index (χ1) is 5.66. The van der Waals surface area contributed by atoms with E-state index in [1.165, 1.54) is 5.57 Å². The number of hydrogen-bond acceptors (Lipinski definition) is 2. The van der Waals surface area contributed by atoms with E-state index >= 15 is 0 Å². The Hall–Kier alpha value is 0.530. The first-order valence-corrected chi connectivity index (χ1v) is 6.42. The highest BCUT2D eigenvalue weighted by atomic mass is 79.9. The number of alkyl halides is 1. The normalized spacial score (nSPS) is 14.8. The molecule has 0 aromatic carbocycles. The fourth-order valence-corrected chi connectivity index (χ4v) is 2.20. The standard InChI is InChI=1S/C9H17BrOS/c1-8(3-5-10)4-6-12-7-9(2)11/h4,9,11H,3,5-7H2,1-2H3/b8-4+/t9-/m0/s1. The van der Waals surface area contributed by atoms with E-state index in [1.807, 2.05) is 6.92 Å². The van der Waals surface area contributed by atoms with Crippen LogP contribution >= 0.6 is 27.7 Å². The summed E-state index contributed by atoms with van der Waals surface area (Å²) in [5.74, 6) is 1.85. The van der Waals surface area contributed by atoms with Crippen molar-refractivity contribution in [3.05, 3.63) is 11.6 Å². The molecule has 0 saturated carbocycles. The highest BCUT2D eigenvalue weighted by Gasteiger charge is 1.93. The van der Waals surface area contributed by atoms with Gasteiger partial charge in [-0.05, 0) is 20.3 Å². The smallest absolute Gasteiger partial charge is 0.0602 e. The van der Waals surface area contributed by atoms with Crippen LogP contribution in [0.25, 0.3) is 0 Å². The van der Waals surface area contributed by atoms with Crippen molar-refractivity contribution in [2.75, 3.05) is 16.8 Å². The van der Waals surface area contributed by atoms with Crippen LogP contribution in [0.2, 0.25) is 0 Å². The second kappa shape index (κ2) is 8.14. The molecule has 1 atom stereocenters. The lowest BCUT2D eigenvalue weighted by molar-refractivity contribution is 0.220. The third kappa shape index (κ3) is 8.62. The molecule has 0 aromatic rings. The number of aliphatic hydroxyl groups is 1. The molecule has 0 aliphatic heterocycles. The second-order valence-electron chi connectivity index (χ2n) is 2.88. The minimum atomic E-state index is -0.181. The first kappa shape index (κ1) is 12.5. The summed E-state index contributed by atoms with van der Waals surface area (Å²) in [5, 5.41) is 10.0. The molecule has 3 heteroatoms. The van der Waals surface area contributed by atoms with E-state index in [-0.39, 0.29) is 6.10 Å². The summed E-state index contributed by atoms with van der Waals surface area (Å²) < 4.78 is 0. The van der Waals surface area contributed by atoms with Crippen molar-refractivity contribution in [1.82, 2.24) is 0 Å². The van der Waals surface area contributed by atoms with E-state index in [9.17, 15) is 0 Å². The van der Waals surface area contributed by atoms with Gasteiger partial charge in [0.05, 0.1) is 6.10 Å². The lowest BCUT2D eigenvalue weighted by atomic mass is 10.2. The van der Waals surface area contributed by atoms with Gasteiger partial charge in [0, 0.05) is 16.8 Å². The molecule has 0 rings (SSSR count). The molecule has 72 valence electrons. The van der Waals surface area contributed by atoms with Crippen molar-refractivity contribution in [2.24, 2.45) is 0 Å². The predicted molar refractivity (Wildman–Crippen MR) is 61.2 cm³/mol. The average molecular weight is 253 g/mol. The summed E-state index contributed by atoms with van der Waals surface area (Å²) in [7, 11) is 0. The van der Waals surface area contributed by atoms with Crippen molar-refractivity contribution < 1.29 is 5.11 Å². The summed E-state index contributed by atoms with van der Waals surface area (Å²) >= 11 is 5.17. The Morgan fingerprint density at radius 3 is 2.83 bits per heavy atom. The molecule has 1 nitrogen and oxygen atoms in total. The largest absolute Gasteiger partial charge is 0.393 e. The molecule has 0 unspecified atom stereocenters. The van der Waals surface area contributed by atoms with E-state index < -0.39 is 0 Å². The highest BCUT2D eigenvalue weighted by molar-refractivity contribution is 9.09. The van der Waals surface area contributed by atoms with Gasteiger partial charge in [0.2, 0.25) is 0 Å². The zero-order chi connectivity index (χ0) is 9.40. The number of allylic oxidation sites excluding steroid dienone is 1. The van der Waals surface area contributed by atoms with Crippen molar-refractivity contribution in [2.45, 2.75) is 26.4 Å². The SMILES string of the molecule is C/C(=C\CSC[C@H](C)O)CCBr. The number of hydrogen-bond donors (Lipinski definition) is 1. The van der Waals surface area contributed by atoms with Crippen molar-refractivity contribution in [3.8, 4) is 0 Å². The van der Waals surface area contributed by atoms with Gasteiger partial charge < -0.3 is 5.11 Å². The first-order valence-electron chi connectivity index (χ1n) is 4.14. The summed E-state index contributed by atoms with van der Waals surface area (Å²) in [6, 6.07) is 0. The molecule has 0 radical (unpaired) electrons. The van der Waals surface area contributed by atoms with Gasteiger partial charge >= 0.3 is 0 Å². The van der Waals surface area contributed by atoms with Crippen LogP contribution in [0.1, 0.15) is 20.3 Å². The predicted octanol–water partition coefficient (Wildman–Crippen LogP) is 2.83. The van der Waals surface area contributed by atoms with Crippen LogP contribution in [-0.4, -0.2) is 28.0 Å². The van der Waals surface area contributed by atoms with Gasteiger partial charge in [-0.15, -0.1) is 0 Å². The molecule has 0 saturated heterocycles. The van der Waals surface area contributed by atoms with Crippen LogP contribution in [-0.2, 0) is 0 Å². The van der Waals surface area contributed by atoms with Crippen LogP contribution in [0.3, 0.4) is 0 Å². The van der Waals surface area contributed by atoms with Gasteiger partial charge in [0.1, 0.15) is 0 Å². The summed E-state index contributed by atoms with van der Waals surface area (Å²) in [5.41, 5.74) is 1.42. The van der Waals surface area contributed by atoms with Crippen LogP contribution in [0.5, 0.6) is 0 Å². The maximum absolute atomic E-state index is 8.97. The Bertz CT molecular complexity index is 134. The molecular weight excluding hydrogens is 236 g/mol. The lowest BCUT2D eigenvalue weighted by Crippen LogP contribution is -2.02. The topological polar surface area (TPSA) is 20.2 Å². The van der Waals surface area contributed by atoms with E-state index in [0.717, 1.165) is 23.3 Å². The number of halogens is 1. The molecule has 0 aromatic heterocycles. The Morgan fingerprint density at radius 1 is 1.67 bits per heavy atom. The van der Waals surface area contributed by atoms with Crippen molar-refractivity contribution >= 4 is 27.7 Å². The van der Waals surface area contributed by atoms with E-state index in [0.29, 0.717) is 0 Å². The van der Waals surface area contributed by atoms with Gasteiger partial charge in [0.15, 0.2) is 0 Å². The summed E-state index contributed by atoms with van der Waals surface area (Å²) in [6.07, 6.45) is 3.17. The molecule has 0 aliphatic carbocycles. The quantitative estimate of drug-likeness (QED) is 0.446. The van der Waals surface area contributed by atoms with E-state index in [2.05, 4.69) is 28.9 Å². The van der Waals surface area contributed by atoms with Crippen LogP contribution in [0.15, 0.2) is 11.6 Å². The van der Waals surface area contributed by atoms with Crippen LogP contribution in [0, 0.1) is 0 Å². The molecular formula is C9H17BrOS. The number of rotatable bonds is 6. The zero-order valence-electron chi connectivity index (χ0n) is 7.72. The van der Waals surface area contributed by atoms with Gasteiger partial charge in [-0.2, -0.15) is 11.8 Å². The monoisotopic (exact) mass is 252 g/mol. The molecule has 0 spiro atoms. The molecule has 0 aliphatic rings. The molecule has 12 heavy (non-hydrogen) atoms.